The predicted octanol–water partition coefficient (Wildman–Crippen LogP) is -20.3. The van der Waals surface area contributed by atoms with Gasteiger partial charge in [0.15, 0.2) is 56.6 Å². The normalized spacial score (nSPS) is 51.2. The molecule has 0 saturated carbocycles. The van der Waals surface area contributed by atoms with Gasteiger partial charge in [-0.15, -0.1) is 0 Å². The molecule has 0 bridgehead atoms. The van der Waals surface area contributed by atoms with Crippen LogP contribution in [0.3, 0.4) is 0 Å². The van der Waals surface area contributed by atoms with E-state index < -0.39 is 348 Å². The van der Waals surface area contributed by atoms with E-state index in [1.807, 2.05) is 0 Å². The molecular weight excluding hydrogens is 1460 g/mol. The van der Waals surface area contributed by atoms with Gasteiger partial charge in [0.05, 0.1) is 59.5 Å². The summed E-state index contributed by atoms with van der Waals surface area (Å²) in [7, 11) is 0. The molecule has 48 heteroatoms. The Morgan fingerprint density at radius 1 is 0.245 bits per heavy atom. The van der Waals surface area contributed by atoms with Crippen LogP contribution in [0.2, 0.25) is 0 Å². The van der Waals surface area contributed by atoms with Crippen molar-refractivity contribution < 1.29 is 228 Å². The van der Waals surface area contributed by atoms with Gasteiger partial charge in [0.1, 0.15) is 220 Å². The van der Waals surface area contributed by atoms with E-state index in [1.54, 1.807) is 0 Å². The highest BCUT2D eigenvalue weighted by atomic mass is 16.8. The molecule has 0 radical (unpaired) electrons. The number of ether oxygens (including phenoxy) is 17. The summed E-state index contributed by atoms with van der Waals surface area (Å²) in [5.41, 5.74) is 0. The molecule has 9 heterocycles. The first-order chi connectivity index (χ1) is 50.2. The van der Waals surface area contributed by atoms with E-state index in [2.05, 4.69) is 10.6 Å². The van der Waals surface area contributed by atoms with E-state index in [0.29, 0.717) is 0 Å². The van der Waals surface area contributed by atoms with Crippen molar-refractivity contribution in [2.24, 2.45) is 0 Å². The van der Waals surface area contributed by atoms with Gasteiger partial charge in [-0.2, -0.15) is 0 Å². The van der Waals surface area contributed by atoms with E-state index in [4.69, 9.17) is 80.5 Å². The van der Waals surface area contributed by atoms with Gasteiger partial charge in [0.2, 0.25) is 11.8 Å². The van der Waals surface area contributed by atoms with Crippen molar-refractivity contribution in [1.29, 1.82) is 0 Å². The number of aliphatic hydroxyl groups excluding tert-OH is 27. The molecule has 0 aromatic heterocycles. The molecule has 9 aliphatic rings. The van der Waals surface area contributed by atoms with E-state index in [-0.39, 0.29) is 0 Å². The summed E-state index contributed by atoms with van der Waals surface area (Å²) >= 11 is 0. The summed E-state index contributed by atoms with van der Waals surface area (Å²) in [6.07, 6.45) is -90.8. The number of amides is 2. The number of hydrogen-bond donors (Lipinski definition) is 29. The zero-order valence-corrected chi connectivity index (χ0v) is 56.2. The molecule has 48 nitrogen and oxygen atoms in total. The first-order valence-corrected chi connectivity index (χ1v) is 33.7. The molecule has 9 fully saturated rings. The monoisotopic (exact) mass is 1560 g/mol. The van der Waals surface area contributed by atoms with Crippen LogP contribution in [0.5, 0.6) is 0 Å². The van der Waals surface area contributed by atoms with Gasteiger partial charge in [-0.25, -0.2) is 0 Å². The molecule has 9 aliphatic heterocycles. The molecule has 0 spiro atoms. The summed E-state index contributed by atoms with van der Waals surface area (Å²) < 4.78 is 98.9. The van der Waals surface area contributed by atoms with Gasteiger partial charge in [-0.05, 0) is 0 Å². The minimum atomic E-state index is -2.58. The second-order valence-electron chi connectivity index (χ2n) is 26.7. The lowest BCUT2D eigenvalue weighted by Crippen LogP contribution is -2.70. The molecule has 9 rings (SSSR count). The van der Waals surface area contributed by atoms with Crippen molar-refractivity contribution in [3.05, 3.63) is 0 Å². The maximum absolute atomic E-state index is 12.9. The Bertz CT molecular complexity index is 2710. The largest absolute Gasteiger partial charge is 0.394 e. The van der Waals surface area contributed by atoms with Gasteiger partial charge >= 0.3 is 0 Å². The Morgan fingerprint density at radius 2 is 0.509 bits per heavy atom. The SMILES string of the molecule is CC(=O)N[C@@H]1[C@@H](O)[C@H](O[C@@H]2O[C@H](CO)[C@@H](O[C@@H]3O[C@H](CO[C@H]4O[C@H](CO[C@H]5O[C@H](CO)[C@@H](O)[C@H](O)[C@H]5O)[C@@H](O)[C@H](O[C@H]5O[C@H](CO)[C@@H](O)[C@H](O)[C@H]5O)[C@H]4O)[C@@H](O)[C@H](O[C@H]4O[C@H](CO)[C@@H](O)[C@H](O)[C@H]4O[C@H]4O[C@H](CO)[C@@H](O)[C@H](O)[C@H]4O[C@H]4O[C@H](CO)[C@@H](O)[C@H](O)[C@H]4O)[C@H]3O)[C@H](O)[C@H]2NC(C)=O)[C@@H](CO)O[C@H]1O. The third-order valence-corrected chi connectivity index (χ3v) is 19.5. The lowest BCUT2D eigenvalue weighted by atomic mass is 9.94. The molecule has 9 saturated heterocycles. The number of carbonyl (C=O) groups excluding carboxylic acids is 2. The molecule has 0 aromatic rings. The standard InChI is InChI=1S/C58H98N2O46/c1-12(68)59-23-32(77)44(19(8-66)92-50(23)89)101-51-24(60-13(2)69)33(78)45(20(9-67)98-51)102-56-43(88)47(104-57-49(38(83)29(74)17(6-64)96-57)106-58-48(37(82)28(73)18(7-65)97-58)105-55-41(86)36(81)27(72)16(5-63)95-55)31(76)22(100-56)11-91-53-42(87)46(103-54-40(85)35(80)26(71)15(4-62)94-54)30(75)21(99-53)10-90-52-39(84)34(79)25(70)14(3-61)93-52/h14-58,61-67,70-89H,3-11H2,1-2H3,(H,59,68)(H,60,69)/t14-,15-,16-,17-,18-,19-,20-,21-,22-,23-,24-,25-,26-,27-,28-,29-,30-,31-,32-,33-,34+,35+,36+,37+,38+,39-,40-,41-,42-,43-,44-,45-,46+,47+,48-,49-,50-,51+,52+,53+,54-,55-,56+,57-,58-/m1/s1. The number of hydrogen-bond acceptors (Lipinski definition) is 46. The third-order valence-electron chi connectivity index (χ3n) is 19.5. The van der Waals surface area contributed by atoms with E-state index in [9.17, 15) is 147 Å². The first kappa shape index (κ1) is 87.2. The Hall–Kier alpha value is -2.82. The summed E-state index contributed by atoms with van der Waals surface area (Å²) in [5.74, 6) is -1.73. The van der Waals surface area contributed by atoms with Crippen molar-refractivity contribution >= 4 is 11.8 Å². The molecule has 616 valence electrons. The summed E-state index contributed by atoms with van der Waals surface area (Å²) in [6.45, 7) is -7.74. The molecule has 0 aliphatic carbocycles. The number of aliphatic hydroxyl groups is 27. The first-order valence-electron chi connectivity index (χ1n) is 33.7. The minimum Gasteiger partial charge on any atom is -0.394 e. The van der Waals surface area contributed by atoms with Gasteiger partial charge in [0, 0.05) is 13.8 Å². The van der Waals surface area contributed by atoms with Crippen LogP contribution in [0.1, 0.15) is 13.8 Å². The number of nitrogens with one attached hydrogen (secondary N) is 2. The summed E-state index contributed by atoms with van der Waals surface area (Å²) in [6, 6.07) is -3.57. The molecule has 0 unspecified atom stereocenters. The highest BCUT2D eigenvalue weighted by Crippen LogP contribution is 2.40. The maximum Gasteiger partial charge on any atom is 0.217 e. The van der Waals surface area contributed by atoms with E-state index in [0.717, 1.165) is 13.8 Å². The van der Waals surface area contributed by atoms with Crippen LogP contribution >= 0.6 is 0 Å². The van der Waals surface area contributed by atoms with Crippen LogP contribution in [-0.4, -0.2) is 485 Å². The summed E-state index contributed by atoms with van der Waals surface area (Å²) in [5, 5.41) is 301. The van der Waals surface area contributed by atoms with Crippen LogP contribution in [0.15, 0.2) is 0 Å². The van der Waals surface area contributed by atoms with Crippen LogP contribution < -0.4 is 10.6 Å². The topological polar surface area (TPSA) is 761 Å². The average molecular weight is 1560 g/mol. The van der Waals surface area contributed by atoms with Gasteiger partial charge in [-0.3, -0.25) is 9.59 Å². The lowest BCUT2D eigenvalue weighted by Gasteiger charge is -2.51. The lowest BCUT2D eigenvalue weighted by molar-refractivity contribution is -0.408. The van der Waals surface area contributed by atoms with Crippen molar-refractivity contribution in [2.45, 2.75) is 290 Å². The predicted molar refractivity (Wildman–Crippen MR) is 320 cm³/mol. The highest BCUT2D eigenvalue weighted by Gasteiger charge is 2.60. The van der Waals surface area contributed by atoms with Crippen molar-refractivity contribution in [3.8, 4) is 0 Å². The van der Waals surface area contributed by atoms with Crippen LogP contribution in [0, 0.1) is 0 Å². The Kier molecular flexibility index (Phi) is 31.1. The second kappa shape index (κ2) is 37.9. The molecule has 0 aromatic carbocycles. The smallest absolute Gasteiger partial charge is 0.217 e. The number of carbonyl (C=O) groups is 2. The van der Waals surface area contributed by atoms with Gasteiger partial charge < -0.3 is 229 Å². The molecule has 29 N–H and O–H groups in total. The van der Waals surface area contributed by atoms with Crippen LogP contribution in [-0.2, 0) is 90.1 Å². The molecule has 106 heavy (non-hydrogen) atoms. The van der Waals surface area contributed by atoms with Crippen molar-refractivity contribution in [1.82, 2.24) is 10.6 Å². The fourth-order valence-electron chi connectivity index (χ4n) is 13.5. The minimum absolute atomic E-state index is 0.788. The zero-order chi connectivity index (χ0) is 77.9. The molecular formula is C58H98N2O46. The highest BCUT2D eigenvalue weighted by molar-refractivity contribution is 5.73. The Balaban J connectivity index is 1.06. The van der Waals surface area contributed by atoms with Gasteiger partial charge in [-0.1, -0.05) is 0 Å². The molecule has 2 amide bonds. The quantitative estimate of drug-likeness (QED) is 0.0363. The Morgan fingerprint density at radius 3 is 0.925 bits per heavy atom. The van der Waals surface area contributed by atoms with Crippen molar-refractivity contribution in [3.63, 3.8) is 0 Å². The third kappa shape index (κ3) is 18.7. The summed E-state index contributed by atoms with van der Waals surface area (Å²) in [4.78, 5) is 25.1. The number of rotatable bonds is 27. The zero-order valence-electron chi connectivity index (χ0n) is 56.2. The van der Waals surface area contributed by atoms with E-state index >= 15 is 0 Å². The van der Waals surface area contributed by atoms with E-state index in [1.165, 1.54) is 0 Å². The maximum atomic E-state index is 12.9. The van der Waals surface area contributed by atoms with Crippen molar-refractivity contribution in [2.75, 3.05) is 59.5 Å². The second-order valence-corrected chi connectivity index (χ2v) is 26.7. The Labute approximate surface area is 598 Å². The fourth-order valence-corrected chi connectivity index (χ4v) is 13.5. The van der Waals surface area contributed by atoms with Crippen LogP contribution in [0.25, 0.3) is 0 Å². The molecule has 45 atom stereocenters. The van der Waals surface area contributed by atoms with Gasteiger partial charge in [0.25, 0.3) is 0 Å². The fraction of sp³-hybridized carbons (Fsp3) is 0.966. The van der Waals surface area contributed by atoms with Crippen LogP contribution in [0.4, 0.5) is 0 Å². The average Bonchev–Trinajstić information content (AvgIpc) is 0.771.